The van der Waals surface area contributed by atoms with Crippen LogP contribution in [0.2, 0.25) is 0 Å². The molecule has 1 heterocycles. The zero-order valence-corrected chi connectivity index (χ0v) is 18.3. The maximum atomic E-state index is 13.0. The van der Waals surface area contributed by atoms with Gasteiger partial charge in [-0.05, 0) is 67.4 Å². The van der Waals surface area contributed by atoms with Crippen LogP contribution in [0.15, 0.2) is 54.6 Å². The number of aliphatic carboxylic acids is 1. The molecular formula is C25H33N2NaO4. The zero-order chi connectivity index (χ0) is 22.4. The van der Waals surface area contributed by atoms with Gasteiger partial charge in [0.25, 0.3) is 0 Å². The summed E-state index contributed by atoms with van der Waals surface area (Å²) in [5.41, 5.74) is 1.95. The van der Waals surface area contributed by atoms with Crippen molar-refractivity contribution in [2.24, 2.45) is 11.8 Å². The number of likely N-dealkylation sites (tertiary alicyclic amines) is 1. The van der Waals surface area contributed by atoms with Crippen LogP contribution in [0.3, 0.4) is 0 Å². The summed E-state index contributed by atoms with van der Waals surface area (Å²) in [7, 11) is 2.09. The molecule has 168 valence electrons. The Labute approximate surface area is 212 Å². The molecule has 0 aliphatic carbocycles. The monoisotopic (exact) mass is 448 g/mol. The molecular weight excluding hydrogens is 415 g/mol. The maximum absolute atomic E-state index is 13.0. The van der Waals surface area contributed by atoms with Crippen molar-refractivity contribution in [2.75, 3.05) is 26.7 Å². The minimum absolute atomic E-state index is 0. The van der Waals surface area contributed by atoms with Crippen molar-refractivity contribution in [3.8, 4) is 5.75 Å². The molecule has 2 unspecified atom stereocenters. The van der Waals surface area contributed by atoms with E-state index >= 15 is 0 Å². The van der Waals surface area contributed by atoms with Gasteiger partial charge in [-0.15, -0.1) is 0 Å². The number of carboxylic acids is 1. The van der Waals surface area contributed by atoms with Crippen molar-refractivity contribution in [1.82, 2.24) is 10.2 Å². The Hall–Kier alpha value is -1.86. The van der Waals surface area contributed by atoms with E-state index < -0.39 is 5.97 Å². The van der Waals surface area contributed by atoms with Crippen LogP contribution < -0.4 is 5.32 Å². The molecule has 32 heavy (non-hydrogen) atoms. The molecule has 0 saturated carbocycles. The number of amides is 1. The van der Waals surface area contributed by atoms with Gasteiger partial charge in [0.2, 0.25) is 5.91 Å². The third kappa shape index (κ3) is 6.82. The predicted molar refractivity (Wildman–Crippen MR) is 127 cm³/mol. The molecule has 0 spiro atoms. The quantitative estimate of drug-likeness (QED) is 0.540. The molecule has 1 fully saturated rings. The van der Waals surface area contributed by atoms with Crippen molar-refractivity contribution in [2.45, 2.75) is 31.6 Å². The molecule has 1 amide bonds. The van der Waals surface area contributed by atoms with Crippen molar-refractivity contribution in [3.63, 3.8) is 0 Å². The molecule has 2 aromatic carbocycles. The van der Waals surface area contributed by atoms with Crippen LogP contribution >= 0.6 is 0 Å². The Morgan fingerprint density at radius 2 is 1.91 bits per heavy atom. The van der Waals surface area contributed by atoms with Crippen LogP contribution in [-0.4, -0.2) is 83.2 Å². The summed E-state index contributed by atoms with van der Waals surface area (Å²) in [5, 5.41) is 21.6. The Morgan fingerprint density at radius 3 is 2.56 bits per heavy atom. The molecule has 1 aliphatic rings. The zero-order valence-electron chi connectivity index (χ0n) is 18.3. The van der Waals surface area contributed by atoms with Gasteiger partial charge < -0.3 is 20.4 Å². The number of carbonyl (C=O) groups excluding carboxylic acids is 1. The standard InChI is InChI=1S/C25H32N2O4.Na.H/c1-25(20-9-6-10-22(28)15-20)11-12-27(2)17-21(25)14-19(24(31)26-16-23(29)30)13-18-7-4-3-5-8-18;;/h3-10,15,19,21,28H,11-14,16-17H2,1-2H3,(H,26,31)(H,29,30);;/t19-,21?,25?;;/m1../s1. The molecule has 2 aromatic rings. The average Bonchev–Trinajstić information content (AvgIpc) is 2.75. The summed E-state index contributed by atoms with van der Waals surface area (Å²) < 4.78 is 0. The number of benzene rings is 2. The molecule has 3 atom stereocenters. The number of piperidine rings is 1. The number of hydrogen-bond acceptors (Lipinski definition) is 4. The van der Waals surface area contributed by atoms with Gasteiger partial charge in [-0.2, -0.15) is 0 Å². The second kappa shape index (κ2) is 11.8. The third-order valence-electron chi connectivity index (χ3n) is 6.63. The van der Waals surface area contributed by atoms with E-state index in [0.717, 1.165) is 30.6 Å². The summed E-state index contributed by atoms with van der Waals surface area (Å²) >= 11 is 0. The minimum atomic E-state index is -1.05. The van der Waals surface area contributed by atoms with E-state index in [1.54, 1.807) is 6.07 Å². The Kier molecular flexibility index (Phi) is 9.77. The molecule has 7 heteroatoms. The van der Waals surface area contributed by atoms with Gasteiger partial charge in [-0.25, -0.2) is 0 Å². The van der Waals surface area contributed by atoms with E-state index in [0.29, 0.717) is 12.8 Å². The van der Waals surface area contributed by atoms with E-state index in [9.17, 15) is 14.7 Å². The number of rotatable bonds is 8. The first-order chi connectivity index (χ1) is 14.8. The molecule has 0 bridgehead atoms. The van der Waals surface area contributed by atoms with Crippen molar-refractivity contribution in [3.05, 3.63) is 65.7 Å². The number of hydrogen-bond donors (Lipinski definition) is 3. The fourth-order valence-corrected chi connectivity index (χ4v) is 4.70. The van der Waals surface area contributed by atoms with Gasteiger partial charge in [0.05, 0.1) is 0 Å². The second-order valence-electron chi connectivity index (χ2n) is 8.91. The van der Waals surface area contributed by atoms with Gasteiger partial charge in [0, 0.05) is 12.5 Å². The van der Waals surface area contributed by atoms with Gasteiger partial charge >= 0.3 is 35.5 Å². The number of nitrogens with one attached hydrogen (secondary N) is 1. The van der Waals surface area contributed by atoms with Crippen molar-refractivity contribution in [1.29, 1.82) is 0 Å². The molecule has 3 N–H and O–H groups in total. The molecule has 6 nitrogen and oxygen atoms in total. The molecule has 3 rings (SSSR count). The van der Waals surface area contributed by atoms with Crippen LogP contribution in [0.5, 0.6) is 5.75 Å². The first-order valence-corrected chi connectivity index (χ1v) is 10.8. The summed E-state index contributed by atoms with van der Waals surface area (Å²) in [6.07, 6.45) is 2.12. The van der Waals surface area contributed by atoms with Gasteiger partial charge in [-0.3, -0.25) is 9.59 Å². The van der Waals surface area contributed by atoms with Crippen LogP contribution in [0.25, 0.3) is 0 Å². The summed E-state index contributed by atoms with van der Waals surface area (Å²) in [6, 6.07) is 17.3. The second-order valence-corrected chi connectivity index (χ2v) is 8.91. The first kappa shape index (κ1) is 26.4. The fourth-order valence-electron chi connectivity index (χ4n) is 4.70. The number of phenols is 1. The summed E-state index contributed by atoms with van der Waals surface area (Å²) in [5.74, 6) is -1.18. The predicted octanol–water partition coefficient (Wildman–Crippen LogP) is 2.40. The van der Waals surface area contributed by atoms with Crippen LogP contribution in [-0.2, 0) is 21.4 Å². The fraction of sp³-hybridized carbons (Fsp3) is 0.440. The van der Waals surface area contributed by atoms with Gasteiger partial charge in [-0.1, -0.05) is 49.4 Å². The SMILES string of the molecule is CN1CCC(C)(c2cccc(O)c2)C(C[C@@H](Cc2ccccc2)C(=O)NCC(=O)O)C1.[NaH]. The molecule has 1 aliphatic heterocycles. The van der Waals surface area contributed by atoms with Gasteiger partial charge in [0.1, 0.15) is 12.3 Å². The molecule has 0 aromatic heterocycles. The van der Waals surface area contributed by atoms with Crippen molar-refractivity contribution >= 4 is 41.4 Å². The van der Waals surface area contributed by atoms with Gasteiger partial charge in [0.15, 0.2) is 0 Å². The van der Waals surface area contributed by atoms with Crippen LogP contribution in [0.1, 0.15) is 30.9 Å². The van der Waals surface area contributed by atoms with Crippen LogP contribution in [0.4, 0.5) is 0 Å². The van der Waals surface area contributed by atoms with E-state index in [1.807, 2.05) is 42.5 Å². The van der Waals surface area contributed by atoms with E-state index in [-0.39, 0.29) is 65.0 Å². The number of carboxylic acid groups (broad SMARTS) is 1. The topological polar surface area (TPSA) is 89.9 Å². The molecule has 0 radical (unpaired) electrons. The van der Waals surface area contributed by atoms with Crippen molar-refractivity contribution < 1.29 is 19.8 Å². The molecule has 1 saturated heterocycles. The Bertz CT molecular complexity index is 908. The number of phenolic OH excluding ortho intramolecular Hbond substituents is 1. The van der Waals surface area contributed by atoms with E-state index in [1.165, 1.54) is 0 Å². The average molecular weight is 449 g/mol. The third-order valence-corrected chi connectivity index (χ3v) is 6.63. The number of aromatic hydroxyl groups is 1. The summed E-state index contributed by atoms with van der Waals surface area (Å²) in [6.45, 7) is 3.62. The van der Waals surface area contributed by atoms with E-state index in [4.69, 9.17) is 5.11 Å². The summed E-state index contributed by atoms with van der Waals surface area (Å²) in [4.78, 5) is 26.3. The number of carbonyl (C=O) groups is 2. The normalized spacial score (nSPS) is 21.9. The van der Waals surface area contributed by atoms with E-state index in [2.05, 4.69) is 30.3 Å². The number of nitrogens with zero attached hydrogens (tertiary/aromatic N) is 1. The van der Waals surface area contributed by atoms with Crippen LogP contribution in [0, 0.1) is 11.8 Å². The Morgan fingerprint density at radius 1 is 1.19 bits per heavy atom. The Balaban J connectivity index is 0.00000363. The first-order valence-electron chi connectivity index (χ1n) is 10.8.